The molecule has 12 N–H and O–H groups in total. The average molecular weight is 606 g/mol. The molecule has 1 heterocycles. The molecule has 0 aliphatic heterocycles. The van der Waals surface area contributed by atoms with E-state index in [0.29, 0.717) is 12.0 Å². The number of aliphatic carboxylic acids is 1. The monoisotopic (exact) mass is 605 g/mol. The van der Waals surface area contributed by atoms with Gasteiger partial charge >= 0.3 is 5.97 Å². The maximum Gasteiger partial charge on any atom is 0.328 e. The minimum Gasteiger partial charge on any atom is -0.480 e. The van der Waals surface area contributed by atoms with Gasteiger partial charge < -0.3 is 53.0 Å². The molecule has 43 heavy (non-hydrogen) atoms. The van der Waals surface area contributed by atoms with Crippen molar-refractivity contribution >= 4 is 46.4 Å². The highest BCUT2D eigenvalue weighted by molar-refractivity contribution is 5.97. The number of hydrogen-bond acceptors (Lipinski definition) is 9. The van der Waals surface area contributed by atoms with Gasteiger partial charge in [0.1, 0.15) is 30.2 Å². The highest BCUT2D eigenvalue weighted by Gasteiger charge is 2.34. The minimum absolute atomic E-state index is 0.0990. The van der Waals surface area contributed by atoms with Crippen molar-refractivity contribution in [2.45, 2.75) is 63.3 Å². The Morgan fingerprint density at radius 1 is 0.860 bits per heavy atom. The van der Waals surface area contributed by atoms with Crippen LogP contribution in [0.15, 0.2) is 30.5 Å². The van der Waals surface area contributed by atoms with E-state index in [9.17, 15) is 39.0 Å². The summed E-state index contributed by atoms with van der Waals surface area (Å²) in [6.45, 7) is 1.78. The van der Waals surface area contributed by atoms with Crippen LogP contribution in [0.4, 0.5) is 0 Å². The summed E-state index contributed by atoms with van der Waals surface area (Å²) >= 11 is 0. The first-order valence-electron chi connectivity index (χ1n) is 13.6. The van der Waals surface area contributed by atoms with Gasteiger partial charge in [-0.25, -0.2) is 4.79 Å². The molecule has 0 bridgehead atoms. The molecule has 1 aromatic heterocycles. The van der Waals surface area contributed by atoms with E-state index in [0.717, 1.165) is 10.9 Å². The van der Waals surface area contributed by atoms with Crippen LogP contribution in [0.25, 0.3) is 10.9 Å². The standard InChI is InChI=1S/C27H39N7O9/c1-3-13(2)22(26(41)33-20(12-36)27(42)43)34-25(40)18(8-14-10-30-17-7-5-4-6-15(14)17)32-24(39)19(9-21(29)37)31-23(38)16(28)11-35/h4-7,10,13,16,18-20,22,30,35-36H,3,8-9,11-12,28H2,1-2H3,(H2,29,37)(H,31,38)(H,32,39)(H,33,41)(H,34,40)(H,42,43)/t13-,16-,18-,19-,20-,22-/m0/s1. The Labute approximate surface area is 246 Å². The number of amides is 5. The molecule has 6 atom stereocenters. The van der Waals surface area contributed by atoms with E-state index in [1.165, 1.54) is 0 Å². The van der Waals surface area contributed by atoms with Crippen molar-refractivity contribution < 1.29 is 44.1 Å². The zero-order valence-electron chi connectivity index (χ0n) is 23.8. The second-order valence-electron chi connectivity index (χ2n) is 10.1. The molecule has 236 valence electrons. The van der Waals surface area contributed by atoms with E-state index in [4.69, 9.17) is 16.6 Å². The van der Waals surface area contributed by atoms with Gasteiger partial charge in [-0.05, 0) is 17.5 Å². The molecule has 0 aliphatic carbocycles. The van der Waals surface area contributed by atoms with E-state index in [-0.39, 0.29) is 6.42 Å². The fraction of sp³-hybridized carbons (Fsp3) is 0.481. The van der Waals surface area contributed by atoms with Crippen LogP contribution in [0.5, 0.6) is 0 Å². The summed E-state index contributed by atoms with van der Waals surface area (Å²) in [7, 11) is 0. The predicted octanol–water partition coefficient (Wildman–Crippen LogP) is -3.03. The second-order valence-corrected chi connectivity index (χ2v) is 10.1. The van der Waals surface area contributed by atoms with Crippen LogP contribution >= 0.6 is 0 Å². The van der Waals surface area contributed by atoms with Crippen LogP contribution in [0.3, 0.4) is 0 Å². The number of hydrogen-bond donors (Lipinski definition) is 10. The van der Waals surface area contributed by atoms with Crippen molar-refractivity contribution in [3.8, 4) is 0 Å². The molecule has 0 saturated carbocycles. The lowest BCUT2D eigenvalue weighted by atomic mass is 9.96. The van der Waals surface area contributed by atoms with E-state index < -0.39 is 91.3 Å². The Morgan fingerprint density at radius 2 is 1.47 bits per heavy atom. The van der Waals surface area contributed by atoms with Crippen molar-refractivity contribution in [3.63, 3.8) is 0 Å². The Hall–Kier alpha value is -4.54. The number of carboxylic acid groups (broad SMARTS) is 1. The highest BCUT2D eigenvalue weighted by Crippen LogP contribution is 2.20. The molecule has 16 nitrogen and oxygen atoms in total. The number of benzene rings is 1. The number of aromatic amines is 1. The SMILES string of the molecule is CC[C@H](C)[C@H](NC(=O)[C@H](Cc1c[nH]c2ccccc12)NC(=O)[C@H](CC(N)=O)NC(=O)[C@@H](N)CO)C(=O)N[C@@H](CO)C(=O)O. The molecule has 5 amide bonds. The van der Waals surface area contributed by atoms with Gasteiger partial charge in [0.05, 0.1) is 19.6 Å². The lowest BCUT2D eigenvalue weighted by molar-refractivity contribution is -0.143. The maximum atomic E-state index is 13.7. The normalized spacial score (nSPS) is 15.3. The van der Waals surface area contributed by atoms with E-state index in [1.807, 2.05) is 0 Å². The molecule has 0 saturated heterocycles. The van der Waals surface area contributed by atoms with Crippen LogP contribution in [-0.2, 0) is 35.2 Å². The number of nitrogens with one attached hydrogen (secondary N) is 5. The summed E-state index contributed by atoms with van der Waals surface area (Å²) < 4.78 is 0. The fourth-order valence-electron chi connectivity index (χ4n) is 4.18. The third kappa shape index (κ3) is 9.76. The van der Waals surface area contributed by atoms with Crippen molar-refractivity contribution in [2.75, 3.05) is 13.2 Å². The first-order valence-corrected chi connectivity index (χ1v) is 13.6. The maximum absolute atomic E-state index is 13.7. The number of H-pyrrole nitrogens is 1. The number of carbonyl (C=O) groups is 6. The number of para-hydroxylation sites is 1. The van der Waals surface area contributed by atoms with Gasteiger partial charge in [0, 0.05) is 23.5 Å². The molecule has 0 fully saturated rings. The van der Waals surface area contributed by atoms with Crippen LogP contribution in [0.2, 0.25) is 0 Å². The highest BCUT2D eigenvalue weighted by atomic mass is 16.4. The zero-order chi connectivity index (χ0) is 32.3. The molecule has 16 heteroatoms. The topological polar surface area (TPSA) is 279 Å². The molecule has 1 aromatic carbocycles. The number of nitrogens with two attached hydrogens (primary N) is 2. The number of aliphatic hydroxyl groups is 2. The van der Waals surface area contributed by atoms with Gasteiger partial charge in [0.2, 0.25) is 29.5 Å². The van der Waals surface area contributed by atoms with E-state index in [2.05, 4.69) is 26.3 Å². The minimum atomic E-state index is -1.61. The number of rotatable bonds is 17. The summed E-state index contributed by atoms with van der Waals surface area (Å²) in [5.74, 6) is -6.51. The van der Waals surface area contributed by atoms with Gasteiger partial charge in [-0.2, -0.15) is 0 Å². The Morgan fingerprint density at radius 3 is 2.05 bits per heavy atom. The van der Waals surface area contributed by atoms with Crippen molar-refractivity contribution in [2.24, 2.45) is 17.4 Å². The van der Waals surface area contributed by atoms with Crippen LogP contribution < -0.4 is 32.7 Å². The van der Waals surface area contributed by atoms with Gasteiger partial charge in [-0.15, -0.1) is 0 Å². The van der Waals surface area contributed by atoms with Crippen molar-refractivity contribution in [3.05, 3.63) is 36.0 Å². The summed E-state index contributed by atoms with van der Waals surface area (Å²) in [5, 5.41) is 38.0. The third-order valence-corrected chi connectivity index (χ3v) is 6.89. The summed E-state index contributed by atoms with van der Waals surface area (Å²) in [4.78, 5) is 78.3. The second kappa shape index (κ2) is 16.2. The van der Waals surface area contributed by atoms with Crippen molar-refractivity contribution in [1.82, 2.24) is 26.3 Å². The fourth-order valence-corrected chi connectivity index (χ4v) is 4.18. The molecule has 0 aliphatic rings. The van der Waals surface area contributed by atoms with Crippen LogP contribution in [-0.4, -0.2) is 99.2 Å². The van der Waals surface area contributed by atoms with Gasteiger partial charge in [0.25, 0.3) is 0 Å². The summed E-state index contributed by atoms with van der Waals surface area (Å²) in [6, 6.07) is 0.0107. The summed E-state index contributed by atoms with van der Waals surface area (Å²) in [6.07, 6.45) is 1.29. The smallest absolute Gasteiger partial charge is 0.328 e. The van der Waals surface area contributed by atoms with Crippen LogP contribution in [0.1, 0.15) is 32.3 Å². The molecule has 0 radical (unpaired) electrons. The Kier molecular flexibility index (Phi) is 13.0. The number of carboxylic acids is 1. The molecule has 0 spiro atoms. The first-order chi connectivity index (χ1) is 20.3. The molecule has 0 unspecified atom stereocenters. The molecular weight excluding hydrogens is 566 g/mol. The van der Waals surface area contributed by atoms with Gasteiger partial charge in [0.15, 0.2) is 0 Å². The van der Waals surface area contributed by atoms with E-state index in [1.54, 1.807) is 44.3 Å². The molecule has 2 aromatic rings. The van der Waals surface area contributed by atoms with Crippen molar-refractivity contribution in [1.29, 1.82) is 0 Å². The largest absolute Gasteiger partial charge is 0.480 e. The van der Waals surface area contributed by atoms with Crippen LogP contribution in [0, 0.1) is 5.92 Å². The van der Waals surface area contributed by atoms with Gasteiger partial charge in [-0.1, -0.05) is 38.5 Å². The first kappa shape index (κ1) is 34.7. The predicted molar refractivity (Wildman–Crippen MR) is 153 cm³/mol. The Balaban J connectivity index is 2.41. The van der Waals surface area contributed by atoms with E-state index >= 15 is 0 Å². The quantitative estimate of drug-likeness (QED) is 0.0870. The third-order valence-electron chi connectivity index (χ3n) is 6.89. The molecular formula is C27H39N7O9. The number of aromatic nitrogens is 1. The zero-order valence-corrected chi connectivity index (χ0v) is 23.8. The summed E-state index contributed by atoms with van der Waals surface area (Å²) in [5.41, 5.74) is 12.1. The lowest BCUT2D eigenvalue weighted by Gasteiger charge is -2.28. The lowest BCUT2D eigenvalue weighted by Crippen LogP contribution is -2.60. The Bertz CT molecular complexity index is 1310. The average Bonchev–Trinajstić information content (AvgIpc) is 3.38. The van der Waals surface area contributed by atoms with Gasteiger partial charge in [-0.3, -0.25) is 24.0 Å². The number of carbonyl (C=O) groups excluding carboxylic acids is 5. The molecule has 2 rings (SSSR count). The number of fused-ring (bicyclic) bond motifs is 1. The number of aliphatic hydroxyl groups excluding tert-OH is 2. The number of primary amides is 1.